The van der Waals surface area contributed by atoms with Gasteiger partial charge in [0, 0.05) is 19.3 Å². The molecule has 1 aromatic rings. The summed E-state index contributed by atoms with van der Waals surface area (Å²) in [5.74, 6) is -0.0246. The van der Waals surface area contributed by atoms with Crippen molar-refractivity contribution < 1.29 is 9.53 Å². The van der Waals surface area contributed by atoms with E-state index in [0.29, 0.717) is 13.0 Å². The lowest BCUT2D eigenvalue weighted by Crippen LogP contribution is -2.14. The van der Waals surface area contributed by atoms with E-state index in [0.717, 1.165) is 17.8 Å². The predicted molar refractivity (Wildman–Crippen MR) is 64.3 cm³/mol. The number of carbonyl (C=O) groups excluding carboxylic acids is 1. The van der Waals surface area contributed by atoms with Crippen molar-refractivity contribution in [3.63, 3.8) is 0 Å². The zero-order chi connectivity index (χ0) is 11.8. The number of benzene rings is 1. The molecule has 0 aromatic heterocycles. The quantitative estimate of drug-likeness (QED) is 0.764. The van der Waals surface area contributed by atoms with Crippen LogP contribution in [0.3, 0.4) is 0 Å². The minimum Gasteiger partial charge on any atom is -0.384 e. The van der Waals surface area contributed by atoms with Crippen LogP contribution in [-0.2, 0) is 16.1 Å². The SMILES string of the molecule is CNCc1cccc(NC(=O)CCOC)c1. The summed E-state index contributed by atoms with van der Waals surface area (Å²) < 4.78 is 4.84. The normalized spacial score (nSPS) is 10.1. The van der Waals surface area contributed by atoms with E-state index < -0.39 is 0 Å². The van der Waals surface area contributed by atoms with Crippen molar-refractivity contribution in [1.82, 2.24) is 5.32 Å². The predicted octanol–water partition coefficient (Wildman–Crippen LogP) is 1.38. The monoisotopic (exact) mass is 222 g/mol. The zero-order valence-corrected chi connectivity index (χ0v) is 9.75. The minimum absolute atomic E-state index is 0.0246. The first-order chi connectivity index (χ1) is 7.76. The Kier molecular flexibility index (Phi) is 5.53. The van der Waals surface area contributed by atoms with Gasteiger partial charge in [-0.15, -0.1) is 0 Å². The maximum atomic E-state index is 11.4. The maximum absolute atomic E-state index is 11.4. The summed E-state index contributed by atoms with van der Waals surface area (Å²) >= 11 is 0. The molecule has 16 heavy (non-hydrogen) atoms. The van der Waals surface area contributed by atoms with E-state index in [9.17, 15) is 4.79 Å². The van der Waals surface area contributed by atoms with Crippen LogP contribution in [0.2, 0.25) is 0 Å². The van der Waals surface area contributed by atoms with E-state index in [4.69, 9.17) is 4.74 Å². The first-order valence-electron chi connectivity index (χ1n) is 5.28. The number of nitrogens with one attached hydrogen (secondary N) is 2. The second-order valence-electron chi connectivity index (χ2n) is 3.52. The molecule has 0 saturated carbocycles. The Morgan fingerprint density at radius 1 is 1.44 bits per heavy atom. The van der Waals surface area contributed by atoms with Gasteiger partial charge in [0.05, 0.1) is 13.0 Å². The largest absolute Gasteiger partial charge is 0.384 e. The fourth-order valence-electron chi connectivity index (χ4n) is 1.38. The molecule has 0 bridgehead atoms. The van der Waals surface area contributed by atoms with Crippen LogP contribution in [0.25, 0.3) is 0 Å². The van der Waals surface area contributed by atoms with E-state index in [-0.39, 0.29) is 5.91 Å². The number of hydrogen-bond donors (Lipinski definition) is 2. The Labute approximate surface area is 96.0 Å². The molecule has 1 aromatic carbocycles. The molecule has 0 aliphatic carbocycles. The fraction of sp³-hybridized carbons (Fsp3) is 0.417. The van der Waals surface area contributed by atoms with Gasteiger partial charge < -0.3 is 15.4 Å². The molecule has 1 rings (SSSR count). The average Bonchev–Trinajstić information content (AvgIpc) is 2.27. The summed E-state index contributed by atoms with van der Waals surface area (Å²) in [5.41, 5.74) is 1.97. The topological polar surface area (TPSA) is 50.4 Å². The number of methoxy groups -OCH3 is 1. The van der Waals surface area contributed by atoms with Crippen LogP contribution in [-0.4, -0.2) is 26.7 Å². The Balaban J connectivity index is 2.52. The Morgan fingerprint density at radius 3 is 2.94 bits per heavy atom. The van der Waals surface area contributed by atoms with Gasteiger partial charge >= 0.3 is 0 Å². The first-order valence-corrected chi connectivity index (χ1v) is 5.28. The third-order valence-electron chi connectivity index (χ3n) is 2.12. The van der Waals surface area contributed by atoms with E-state index >= 15 is 0 Å². The molecule has 4 heteroatoms. The van der Waals surface area contributed by atoms with Crippen LogP contribution in [0.5, 0.6) is 0 Å². The lowest BCUT2D eigenvalue weighted by Gasteiger charge is -2.07. The van der Waals surface area contributed by atoms with Crippen molar-refractivity contribution in [2.75, 3.05) is 26.1 Å². The lowest BCUT2D eigenvalue weighted by atomic mass is 10.2. The van der Waals surface area contributed by atoms with Crippen LogP contribution < -0.4 is 10.6 Å². The maximum Gasteiger partial charge on any atom is 0.226 e. The molecule has 0 radical (unpaired) electrons. The summed E-state index contributed by atoms with van der Waals surface area (Å²) in [6, 6.07) is 7.78. The molecule has 0 aliphatic heterocycles. The molecule has 0 unspecified atom stereocenters. The van der Waals surface area contributed by atoms with Gasteiger partial charge in [-0.3, -0.25) is 4.79 Å². The van der Waals surface area contributed by atoms with Gasteiger partial charge in [-0.2, -0.15) is 0 Å². The van der Waals surface area contributed by atoms with Crippen LogP contribution in [0.1, 0.15) is 12.0 Å². The summed E-state index contributed by atoms with van der Waals surface area (Å²) in [5, 5.41) is 5.89. The Hall–Kier alpha value is -1.39. The second-order valence-corrected chi connectivity index (χ2v) is 3.52. The molecule has 1 amide bonds. The summed E-state index contributed by atoms with van der Waals surface area (Å²) in [7, 11) is 3.48. The van der Waals surface area contributed by atoms with E-state index in [1.165, 1.54) is 0 Å². The first kappa shape index (κ1) is 12.7. The van der Waals surface area contributed by atoms with Gasteiger partial charge in [-0.25, -0.2) is 0 Å². The highest BCUT2D eigenvalue weighted by molar-refractivity contribution is 5.90. The smallest absolute Gasteiger partial charge is 0.226 e. The number of anilines is 1. The minimum atomic E-state index is -0.0246. The van der Waals surface area contributed by atoms with Crippen LogP contribution >= 0.6 is 0 Å². The standard InChI is InChI=1S/C12H18N2O2/c1-13-9-10-4-3-5-11(8-10)14-12(15)6-7-16-2/h3-5,8,13H,6-7,9H2,1-2H3,(H,14,15). The number of hydrogen-bond acceptors (Lipinski definition) is 3. The Morgan fingerprint density at radius 2 is 2.25 bits per heavy atom. The number of carbonyl (C=O) groups is 1. The molecular formula is C12H18N2O2. The van der Waals surface area contributed by atoms with Gasteiger partial charge in [0.2, 0.25) is 5.91 Å². The van der Waals surface area contributed by atoms with E-state index in [1.54, 1.807) is 7.11 Å². The van der Waals surface area contributed by atoms with Crippen molar-refractivity contribution in [1.29, 1.82) is 0 Å². The van der Waals surface area contributed by atoms with Crippen molar-refractivity contribution in [3.8, 4) is 0 Å². The van der Waals surface area contributed by atoms with Gasteiger partial charge in [0.25, 0.3) is 0 Å². The average molecular weight is 222 g/mol. The molecule has 2 N–H and O–H groups in total. The lowest BCUT2D eigenvalue weighted by molar-refractivity contribution is -0.117. The molecule has 88 valence electrons. The van der Waals surface area contributed by atoms with Gasteiger partial charge in [-0.05, 0) is 24.7 Å². The Bertz CT molecular complexity index is 340. The molecule has 4 nitrogen and oxygen atoms in total. The second kappa shape index (κ2) is 6.98. The zero-order valence-electron chi connectivity index (χ0n) is 9.75. The summed E-state index contributed by atoms with van der Waals surface area (Å²) in [4.78, 5) is 11.4. The van der Waals surface area contributed by atoms with Gasteiger partial charge in [-0.1, -0.05) is 12.1 Å². The molecule has 0 atom stereocenters. The van der Waals surface area contributed by atoms with Crippen LogP contribution in [0, 0.1) is 0 Å². The highest BCUT2D eigenvalue weighted by Crippen LogP contribution is 2.10. The van der Waals surface area contributed by atoms with Crippen LogP contribution in [0.4, 0.5) is 5.69 Å². The highest BCUT2D eigenvalue weighted by atomic mass is 16.5. The van der Waals surface area contributed by atoms with Crippen molar-refractivity contribution in [2.45, 2.75) is 13.0 Å². The van der Waals surface area contributed by atoms with Crippen molar-refractivity contribution in [2.24, 2.45) is 0 Å². The number of ether oxygens (including phenoxy) is 1. The molecular weight excluding hydrogens is 204 g/mol. The molecule has 0 spiro atoms. The molecule has 0 heterocycles. The summed E-state index contributed by atoms with van der Waals surface area (Å²) in [6.45, 7) is 1.24. The third kappa shape index (κ3) is 4.42. The molecule has 0 aliphatic rings. The fourth-order valence-corrected chi connectivity index (χ4v) is 1.38. The van der Waals surface area contributed by atoms with Crippen LogP contribution in [0.15, 0.2) is 24.3 Å². The number of rotatable bonds is 6. The van der Waals surface area contributed by atoms with Crippen molar-refractivity contribution in [3.05, 3.63) is 29.8 Å². The van der Waals surface area contributed by atoms with Gasteiger partial charge in [0.1, 0.15) is 0 Å². The third-order valence-corrected chi connectivity index (χ3v) is 2.12. The molecule has 0 fully saturated rings. The highest BCUT2D eigenvalue weighted by Gasteiger charge is 2.02. The molecule has 0 saturated heterocycles. The van der Waals surface area contributed by atoms with E-state index in [2.05, 4.69) is 10.6 Å². The van der Waals surface area contributed by atoms with Crippen molar-refractivity contribution >= 4 is 11.6 Å². The van der Waals surface area contributed by atoms with E-state index in [1.807, 2.05) is 31.3 Å². The summed E-state index contributed by atoms with van der Waals surface area (Å²) in [6.07, 6.45) is 0.382. The number of amides is 1. The van der Waals surface area contributed by atoms with Gasteiger partial charge in [0.15, 0.2) is 0 Å².